The molecule has 0 spiro atoms. The van der Waals surface area contributed by atoms with Gasteiger partial charge in [-0.1, -0.05) is 6.07 Å². The molecular formula is C19H21N5O3. The van der Waals surface area contributed by atoms with E-state index >= 15 is 0 Å². The van der Waals surface area contributed by atoms with Crippen molar-refractivity contribution >= 4 is 17.5 Å². The number of piperazine rings is 1. The fourth-order valence-corrected chi connectivity index (χ4v) is 3.44. The number of benzene rings is 1. The molecule has 8 nitrogen and oxygen atoms in total. The molecule has 1 fully saturated rings. The summed E-state index contributed by atoms with van der Waals surface area (Å²) in [5.41, 5.74) is 9.40. The van der Waals surface area contributed by atoms with Gasteiger partial charge in [-0.15, -0.1) is 0 Å². The molecule has 140 valence electrons. The minimum atomic E-state index is -1.00. The number of hydrogen-bond donors (Lipinski definition) is 3. The fraction of sp³-hybridized carbons (Fsp3) is 0.316. The molecule has 0 saturated carbocycles. The minimum absolute atomic E-state index is 0.188. The van der Waals surface area contributed by atoms with Crippen LogP contribution in [0.25, 0.3) is 11.1 Å². The lowest BCUT2D eigenvalue weighted by atomic mass is 9.99. The Morgan fingerprint density at radius 1 is 1.41 bits per heavy atom. The molecule has 27 heavy (non-hydrogen) atoms. The molecule has 1 amide bonds. The first-order chi connectivity index (χ1) is 13.0. The zero-order valence-corrected chi connectivity index (χ0v) is 14.9. The Morgan fingerprint density at radius 3 is 2.85 bits per heavy atom. The number of nitrogens with zero attached hydrogens (tertiary/aromatic N) is 4. The van der Waals surface area contributed by atoms with Crippen molar-refractivity contribution < 1.29 is 15.0 Å². The van der Waals surface area contributed by atoms with Gasteiger partial charge in [-0.05, 0) is 30.7 Å². The number of pyridine rings is 1. The highest BCUT2D eigenvalue weighted by Crippen LogP contribution is 2.34. The molecule has 2 aromatic rings. The normalized spacial score (nSPS) is 19.6. The predicted molar refractivity (Wildman–Crippen MR) is 101 cm³/mol. The summed E-state index contributed by atoms with van der Waals surface area (Å²) in [6, 6.07) is 8.58. The van der Waals surface area contributed by atoms with E-state index in [0.29, 0.717) is 29.0 Å². The Bertz CT molecular complexity index is 895. The summed E-state index contributed by atoms with van der Waals surface area (Å²) in [6.07, 6.45) is 2.19. The fourth-order valence-electron chi connectivity index (χ4n) is 3.44. The Labute approximate surface area is 157 Å². The maximum Gasteiger partial charge on any atom is 0.407 e. The number of carbonyl (C=O) groups is 1. The molecule has 3 rings (SSSR count). The van der Waals surface area contributed by atoms with E-state index in [2.05, 4.69) is 11.1 Å². The molecule has 1 aliphatic rings. The van der Waals surface area contributed by atoms with E-state index in [-0.39, 0.29) is 19.2 Å². The van der Waals surface area contributed by atoms with Crippen molar-refractivity contribution in [1.82, 2.24) is 9.88 Å². The van der Waals surface area contributed by atoms with E-state index in [1.807, 2.05) is 24.0 Å². The van der Waals surface area contributed by atoms with Gasteiger partial charge in [0.2, 0.25) is 0 Å². The van der Waals surface area contributed by atoms with Crippen molar-refractivity contribution in [2.75, 3.05) is 30.3 Å². The average molecular weight is 367 g/mol. The highest BCUT2D eigenvalue weighted by Gasteiger charge is 2.34. The van der Waals surface area contributed by atoms with E-state index in [0.717, 1.165) is 5.56 Å². The van der Waals surface area contributed by atoms with E-state index < -0.39 is 12.1 Å². The highest BCUT2D eigenvalue weighted by molar-refractivity contribution is 5.79. The number of anilines is 2. The predicted octanol–water partition coefficient (Wildman–Crippen LogP) is 1.75. The lowest BCUT2D eigenvalue weighted by Gasteiger charge is -2.45. The minimum Gasteiger partial charge on any atom is -0.465 e. The number of rotatable bonds is 3. The van der Waals surface area contributed by atoms with Gasteiger partial charge in [-0.25, -0.2) is 4.79 Å². The SMILES string of the molecule is CC1CN(c2cc(-c3cnccc3C#N)ccc2N)C(CO)CN1C(=O)O. The van der Waals surface area contributed by atoms with Crippen LogP contribution in [-0.4, -0.2) is 58.0 Å². The van der Waals surface area contributed by atoms with Crippen molar-refractivity contribution in [3.8, 4) is 17.2 Å². The van der Waals surface area contributed by atoms with E-state index in [1.54, 1.807) is 24.5 Å². The van der Waals surface area contributed by atoms with Crippen LogP contribution in [0.3, 0.4) is 0 Å². The topological polar surface area (TPSA) is 127 Å². The summed E-state index contributed by atoms with van der Waals surface area (Å²) in [6.45, 7) is 2.22. The summed E-state index contributed by atoms with van der Waals surface area (Å²) >= 11 is 0. The maximum atomic E-state index is 11.4. The Kier molecular flexibility index (Phi) is 5.14. The van der Waals surface area contributed by atoms with Gasteiger partial charge in [0, 0.05) is 37.1 Å². The van der Waals surface area contributed by atoms with Gasteiger partial charge in [-0.3, -0.25) is 4.98 Å². The number of carboxylic acid groups (broad SMARTS) is 1. The van der Waals surface area contributed by atoms with Crippen molar-refractivity contribution in [1.29, 1.82) is 5.26 Å². The molecule has 1 saturated heterocycles. The van der Waals surface area contributed by atoms with Crippen molar-refractivity contribution in [2.24, 2.45) is 0 Å². The van der Waals surface area contributed by atoms with Crippen LogP contribution in [0.4, 0.5) is 16.2 Å². The smallest absolute Gasteiger partial charge is 0.407 e. The molecule has 1 aliphatic heterocycles. The van der Waals surface area contributed by atoms with Crippen molar-refractivity contribution in [2.45, 2.75) is 19.0 Å². The molecule has 1 aromatic heterocycles. The Hall–Kier alpha value is -3.31. The zero-order valence-electron chi connectivity index (χ0n) is 14.9. The first-order valence-corrected chi connectivity index (χ1v) is 8.57. The third-order valence-corrected chi connectivity index (χ3v) is 4.89. The lowest BCUT2D eigenvalue weighted by Crippen LogP contribution is -2.60. The van der Waals surface area contributed by atoms with Crippen LogP contribution < -0.4 is 10.6 Å². The van der Waals surface area contributed by atoms with Crippen LogP contribution >= 0.6 is 0 Å². The molecule has 0 radical (unpaired) electrons. The zero-order chi connectivity index (χ0) is 19.6. The third kappa shape index (κ3) is 3.50. The quantitative estimate of drug-likeness (QED) is 0.705. The van der Waals surface area contributed by atoms with Crippen molar-refractivity contribution in [3.63, 3.8) is 0 Å². The van der Waals surface area contributed by atoms with Gasteiger partial charge >= 0.3 is 6.09 Å². The van der Waals surface area contributed by atoms with E-state index in [9.17, 15) is 20.3 Å². The molecule has 2 unspecified atom stereocenters. The maximum absolute atomic E-state index is 11.4. The third-order valence-electron chi connectivity index (χ3n) is 4.89. The van der Waals surface area contributed by atoms with Gasteiger partial charge in [0.05, 0.1) is 35.7 Å². The van der Waals surface area contributed by atoms with E-state index in [4.69, 9.17) is 5.73 Å². The summed E-state index contributed by atoms with van der Waals surface area (Å²) < 4.78 is 0. The first-order valence-electron chi connectivity index (χ1n) is 8.57. The molecule has 0 aliphatic carbocycles. The second-order valence-corrected chi connectivity index (χ2v) is 6.58. The van der Waals surface area contributed by atoms with Crippen LogP contribution in [0.5, 0.6) is 0 Å². The number of nitrogens with two attached hydrogens (primary N) is 1. The molecule has 2 atom stereocenters. The largest absolute Gasteiger partial charge is 0.465 e. The van der Waals surface area contributed by atoms with Crippen molar-refractivity contribution in [3.05, 3.63) is 42.2 Å². The van der Waals surface area contributed by atoms with Crippen LogP contribution in [0.1, 0.15) is 12.5 Å². The summed E-state index contributed by atoms with van der Waals surface area (Å²) in [5, 5.41) is 28.5. The molecule has 0 bridgehead atoms. The van der Waals surface area contributed by atoms with Gasteiger partial charge in [-0.2, -0.15) is 5.26 Å². The standard InChI is InChI=1S/C19H21N5O3/c1-12-9-24(15(11-25)10-23(12)19(26)27)18-6-13(2-3-17(18)21)16-8-22-5-4-14(16)7-20/h2-6,8,12,15,25H,9-11,21H2,1H3,(H,26,27). The van der Waals surface area contributed by atoms with Crippen LogP contribution in [0.15, 0.2) is 36.7 Å². The summed E-state index contributed by atoms with van der Waals surface area (Å²) in [5.74, 6) is 0. The Morgan fingerprint density at radius 2 is 2.19 bits per heavy atom. The van der Waals surface area contributed by atoms with Gasteiger partial charge < -0.3 is 25.7 Å². The molecule has 8 heteroatoms. The second-order valence-electron chi connectivity index (χ2n) is 6.58. The number of aromatic nitrogens is 1. The monoisotopic (exact) mass is 367 g/mol. The lowest BCUT2D eigenvalue weighted by molar-refractivity contribution is 0.102. The Balaban J connectivity index is 2.01. The van der Waals surface area contributed by atoms with E-state index in [1.165, 1.54) is 4.90 Å². The van der Waals surface area contributed by atoms with Crippen LogP contribution in [0.2, 0.25) is 0 Å². The number of nitrogen functional groups attached to an aromatic ring is 1. The van der Waals surface area contributed by atoms with Crippen LogP contribution in [-0.2, 0) is 0 Å². The second kappa shape index (κ2) is 7.51. The molecular weight excluding hydrogens is 346 g/mol. The number of amides is 1. The first kappa shape index (κ1) is 18.5. The number of nitriles is 1. The highest BCUT2D eigenvalue weighted by atomic mass is 16.4. The molecule has 2 heterocycles. The average Bonchev–Trinajstić information content (AvgIpc) is 2.68. The number of aliphatic hydroxyl groups is 1. The molecule has 4 N–H and O–H groups in total. The molecule has 1 aromatic carbocycles. The summed E-state index contributed by atoms with van der Waals surface area (Å²) in [7, 11) is 0. The number of aliphatic hydroxyl groups excluding tert-OH is 1. The summed E-state index contributed by atoms with van der Waals surface area (Å²) in [4.78, 5) is 18.8. The number of hydrogen-bond acceptors (Lipinski definition) is 6. The van der Waals surface area contributed by atoms with Crippen LogP contribution in [0, 0.1) is 11.3 Å². The van der Waals surface area contributed by atoms with Gasteiger partial charge in [0.15, 0.2) is 0 Å². The van der Waals surface area contributed by atoms with Gasteiger partial charge in [0.25, 0.3) is 0 Å². The van der Waals surface area contributed by atoms with Gasteiger partial charge in [0.1, 0.15) is 0 Å².